The van der Waals surface area contributed by atoms with Gasteiger partial charge in [-0.25, -0.2) is 4.79 Å². The monoisotopic (exact) mass is 431 g/mol. The highest BCUT2D eigenvalue weighted by Gasteiger charge is 2.18. The Hall–Kier alpha value is -3.80. The summed E-state index contributed by atoms with van der Waals surface area (Å²) in [6.45, 7) is 4.20. The molecule has 0 spiro atoms. The Morgan fingerprint density at radius 2 is 1.44 bits per heavy atom. The fourth-order valence-corrected chi connectivity index (χ4v) is 3.28. The number of hydrogen-bond acceptors (Lipinski definition) is 3. The molecule has 6 heteroatoms. The molecular weight excluding hydrogens is 402 g/mol. The number of urea groups is 1. The van der Waals surface area contributed by atoms with Gasteiger partial charge < -0.3 is 20.7 Å². The van der Waals surface area contributed by atoms with Gasteiger partial charge in [-0.2, -0.15) is 0 Å². The maximum absolute atomic E-state index is 13.0. The predicted molar refractivity (Wildman–Crippen MR) is 126 cm³/mol. The molecular formula is C26H29N3O3. The number of carbonyl (C=O) groups is 2. The second kappa shape index (κ2) is 11.0. The average Bonchev–Trinajstić information content (AvgIpc) is 2.81. The van der Waals surface area contributed by atoms with Gasteiger partial charge in [-0.3, -0.25) is 4.79 Å². The Morgan fingerprint density at radius 3 is 2.03 bits per heavy atom. The topological polar surface area (TPSA) is 79.5 Å². The number of rotatable bonds is 8. The van der Waals surface area contributed by atoms with Crippen molar-refractivity contribution in [3.8, 4) is 5.75 Å². The van der Waals surface area contributed by atoms with Crippen LogP contribution in [-0.2, 0) is 6.54 Å². The van der Waals surface area contributed by atoms with Gasteiger partial charge in [0, 0.05) is 18.2 Å². The molecule has 1 atom stereocenters. The fourth-order valence-electron chi connectivity index (χ4n) is 3.28. The SMILES string of the molecule is COc1ccc([C@H](NC(=O)c2ccc(CNC(=O)NC(C)C)cc2)c2ccccc2)cc1. The van der Waals surface area contributed by atoms with Crippen LogP contribution < -0.4 is 20.7 Å². The number of carbonyl (C=O) groups excluding carboxylic acids is 2. The van der Waals surface area contributed by atoms with Gasteiger partial charge in [0.25, 0.3) is 5.91 Å². The van der Waals surface area contributed by atoms with E-state index < -0.39 is 0 Å². The van der Waals surface area contributed by atoms with Crippen LogP contribution in [0.15, 0.2) is 78.9 Å². The first-order valence-electron chi connectivity index (χ1n) is 10.6. The summed E-state index contributed by atoms with van der Waals surface area (Å²) >= 11 is 0. The zero-order chi connectivity index (χ0) is 22.9. The summed E-state index contributed by atoms with van der Waals surface area (Å²) < 4.78 is 5.25. The molecule has 0 heterocycles. The average molecular weight is 432 g/mol. The van der Waals surface area contributed by atoms with E-state index in [1.54, 1.807) is 19.2 Å². The Morgan fingerprint density at radius 1 is 0.812 bits per heavy atom. The van der Waals surface area contributed by atoms with E-state index in [2.05, 4.69) is 16.0 Å². The van der Waals surface area contributed by atoms with E-state index in [0.717, 1.165) is 22.4 Å². The van der Waals surface area contributed by atoms with Crippen molar-refractivity contribution in [2.24, 2.45) is 0 Å². The normalized spacial score (nSPS) is 11.5. The van der Waals surface area contributed by atoms with Crippen LogP contribution >= 0.6 is 0 Å². The fraction of sp³-hybridized carbons (Fsp3) is 0.231. The molecule has 3 aromatic carbocycles. The molecule has 0 radical (unpaired) electrons. The second-order valence-electron chi connectivity index (χ2n) is 7.77. The lowest BCUT2D eigenvalue weighted by Crippen LogP contribution is -2.39. The van der Waals surface area contributed by atoms with Crippen molar-refractivity contribution in [1.29, 1.82) is 0 Å². The first-order chi connectivity index (χ1) is 15.5. The molecule has 0 unspecified atom stereocenters. The van der Waals surface area contributed by atoms with Gasteiger partial charge in [-0.05, 0) is 54.8 Å². The molecule has 0 aliphatic carbocycles. The van der Waals surface area contributed by atoms with Crippen molar-refractivity contribution in [2.45, 2.75) is 32.5 Å². The molecule has 0 aliphatic heterocycles. The lowest BCUT2D eigenvalue weighted by Gasteiger charge is -2.20. The van der Waals surface area contributed by atoms with E-state index in [1.165, 1.54) is 0 Å². The number of methoxy groups -OCH3 is 1. The predicted octanol–water partition coefficient (Wildman–Crippen LogP) is 4.42. The van der Waals surface area contributed by atoms with Gasteiger partial charge in [0.15, 0.2) is 0 Å². The summed E-state index contributed by atoms with van der Waals surface area (Å²) in [4.78, 5) is 24.7. The van der Waals surface area contributed by atoms with Gasteiger partial charge in [0.05, 0.1) is 13.2 Å². The van der Waals surface area contributed by atoms with E-state index in [1.807, 2.05) is 80.6 Å². The van der Waals surface area contributed by atoms with E-state index in [9.17, 15) is 9.59 Å². The van der Waals surface area contributed by atoms with Gasteiger partial charge in [0.1, 0.15) is 5.75 Å². The van der Waals surface area contributed by atoms with E-state index in [4.69, 9.17) is 4.74 Å². The van der Waals surface area contributed by atoms with Crippen LogP contribution in [0.25, 0.3) is 0 Å². The minimum atomic E-state index is -0.296. The molecule has 0 saturated heterocycles. The zero-order valence-corrected chi connectivity index (χ0v) is 18.6. The Labute approximate surface area is 189 Å². The summed E-state index contributed by atoms with van der Waals surface area (Å²) in [5, 5.41) is 8.72. The number of benzene rings is 3. The number of nitrogens with one attached hydrogen (secondary N) is 3. The minimum Gasteiger partial charge on any atom is -0.497 e. The van der Waals surface area contributed by atoms with Crippen LogP contribution in [0.4, 0.5) is 4.79 Å². The van der Waals surface area contributed by atoms with Crippen LogP contribution in [0.2, 0.25) is 0 Å². The van der Waals surface area contributed by atoms with Crippen molar-refractivity contribution in [3.63, 3.8) is 0 Å². The molecule has 3 N–H and O–H groups in total. The summed E-state index contributed by atoms with van der Waals surface area (Å²) in [5.74, 6) is 0.588. The van der Waals surface area contributed by atoms with Gasteiger partial charge in [-0.1, -0.05) is 54.6 Å². The molecule has 0 bridgehead atoms. The highest BCUT2D eigenvalue weighted by Crippen LogP contribution is 2.24. The number of ether oxygens (including phenoxy) is 1. The molecule has 3 amide bonds. The van der Waals surface area contributed by atoms with E-state index in [-0.39, 0.29) is 24.0 Å². The lowest BCUT2D eigenvalue weighted by atomic mass is 9.98. The Bertz CT molecular complexity index is 1020. The third kappa shape index (κ3) is 6.35. The van der Waals surface area contributed by atoms with Crippen LogP contribution in [-0.4, -0.2) is 25.1 Å². The third-order valence-corrected chi connectivity index (χ3v) is 4.95. The Kier molecular flexibility index (Phi) is 7.86. The standard InChI is InChI=1S/C26H29N3O3/c1-18(2)28-26(31)27-17-19-9-11-22(12-10-19)25(30)29-24(20-7-5-4-6-8-20)21-13-15-23(32-3)16-14-21/h4-16,18,24H,17H2,1-3H3,(H,29,30)(H2,27,28,31)/t24-/m1/s1. The highest BCUT2D eigenvalue weighted by molar-refractivity contribution is 5.94. The van der Waals surface area contributed by atoms with E-state index >= 15 is 0 Å². The quantitative estimate of drug-likeness (QED) is 0.494. The minimum absolute atomic E-state index is 0.0735. The number of amides is 3. The molecule has 32 heavy (non-hydrogen) atoms. The highest BCUT2D eigenvalue weighted by atomic mass is 16.5. The molecule has 0 fully saturated rings. The van der Waals surface area contributed by atoms with Crippen LogP contribution in [0.5, 0.6) is 5.75 Å². The summed E-state index contributed by atoms with van der Waals surface area (Å²) in [6, 6.07) is 24.3. The van der Waals surface area contributed by atoms with Crippen molar-refractivity contribution < 1.29 is 14.3 Å². The van der Waals surface area contributed by atoms with Gasteiger partial charge in [0.2, 0.25) is 0 Å². The number of hydrogen-bond donors (Lipinski definition) is 3. The largest absolute Gasteiger partial charge is 0.497 e. The maximum Gasteiger partial charge on any atom is 0.315 e. The first kappa shape index (κ1) is 22.9. The summed E-state index contributed by atoms with van der Waals surface area (Å²) in [6.07, 6.45) is 0. The smallest absolute Gasteiger partial charge is 0.315 e. The molecule has 3 aromatic rings. The van der Waals surface area contributed by atoms with Crippen molar-refractivity contribution >= 4 is 11.9 Å². The van der Waals surface area contributed by atoms with Crippen molar-refractivity contribution in [1.82, 2.24) is 16.0 Å². The van der Waals surface area contributed by atoms with Crippen LogP contribution in [0.1, 0.15) is 46.9 Å². The summed E-state index contributed by atoms with van der Waals surface area (Å²) in [5.41, 5.74) is 3.41. The molecule has 0 aromatic heterocycles. The lowest BCUT2D eigenvalue weighted by molar-refractivity contribution is 0.0943. The second-order valence-corrected chi connectivity index (χ2v) is 7.77. The molecule has 0 aliphatic rings. The summed E-state index contributed by atoms with van der Waals surface area (Å²) in [7, 11) is 1.63. The van der Waals surface area contributed by atoms with Crippen molar-refractivity contribution in [2.75, 3.05) is 7.11 Å². The van der Waals surface area contributed by atoms with E-state index in [0.29, 0.717) is 12.1 Å². The van der Waals surface area contributed by atoms with Crippen LogP contribution in [0, 0.1) is 0 Å². The van der Waals surface area contributed by atoms with Crippen molar-refractivity contribution in [3.05, 3.63) is 101 Å². The van der Waals surface area contributed by atoms with Crippen LogP contribution in [0.3, 0.4) is 0 Å². The first-order valence-corrected chi connectivity index (χ1v) is 10.6. The molecule has 0 saturated carbocycles. The molecule has 6 nitrogen and oxygen atoms in total. The van der Waals surface area contributed by atoms with Gasteiger partial charge >= 0.3 is 6.03 Å². The van der Waals surface area contributed by atoms with Gasteiger partial charge in [-0.15, -0.1) is 0 Å². The third-order valence-electron chi connectivity index (χ3n) is 4.95. The zero-order valence-electron chi connectivity index (χ0n) is 18.6. The molecule has 3 rings (SSSR count). The maximum atomic E-state index is 13.0. The Balaban J connectivity index is 1.71. The molecule has 166 valence electrons.